The van der Waals surface area contributed by atoms with Crippen molar-refractivity contribution in [2.24, 2.45) is 0 Å². The number of hydrogen-bond acceptors (Lipinski definition) is 5. The molecule has 23 heavy (non-hydrogen) atoms. The molecule has 124 valence electrons. The summed E-state index contributed by atoms with van der Waals surface area (Å²) in [5.74, 6) is 1.27. The van der Waals surface area contributed by atoms with Crippen LogP contribution in [-0.4, -0.2) is 16.0 Å². The third-order valence-electron chi connectivity index (χ3n) is 3.76. The highest BCUT2D eigenvalue weighted by Crippen LogP contribution is 2.16. The summed E-state index contributed by atoms with van der Waals surface area (Å²) >= 11 is 0. The van der Waals surface area contributed by atoms with Gasteiger partial charge in [0.2, 0.25) is 11.8 Å². The van der Waals surface area contributed by atoms with Crippen LogP contribution in [0.15, 0.2) is 22.7 Å². The van der Waals surface area contributed by atoms with Crippen LogP contribution in [0.4, 0.5) is 0 Å². The number of aromatic nitrogens is 2. The number of carbonyl (C=O) groups is 1. The number of nitrogens with one attached hydrogen (secondary N) is 2. The van der Waals surface area contributed by atoms with E-state index in [4.69, 9.17) is 4.52 Å². The second-order valence-corrected chi connectivity index (χ2v) is 5.57. The van der Waals surface area contributed by atoms with Gasteiger partial charge in [-0.25, -0.2) is 0 Å². The number of carbonyl (C=O) groups excluding carboxylic acids is 1. The van der Waals surface area contributed by atoms with Gasteiger partial charge in [0.1, 0.15) is 0 Å². The van der Waals surface area contributed by atoms with Gasteiger partial charge in [-0.2, -0.15) is 4.98 Å². The lowest BCUT2D eigenvalue weighted by molar-refractivity contribution is -0.121. The molecule has 3 rings (SSSR count). The Balaban J connectivity index is 0.00000192. The predicted octanol–water partition coefficient (Wildman–Crippen LogP) is 2.04. The third-order valence-corrected chi connectivity index (χ3v) is 3.76. The Morgan fingerprint density at radius 1 is 1.35 bits per heavy atom. The molecule has 1 aliphatic rings. The normalized spacial score (nSPS) is 12.6. The van der Waals surface area contributed by atoms with Crippen molar-refractivity contribution < 1.29 is 9.32 Å². The molecule has 0 radical (unpaired) electrons. The molecule has 0 bridgehead atoms. The molecule has 0 spiro atoms. The number of rotatable bonds is 6. The maximum Gasteiger partial charge on any atom is 0.226 e. The standard InChI is InChI=1S/C16H20N4O2.ClH/c1-11-19-16(22-20-11)4-2-3-15(21)18-8-12-5-6-13-9-17-10-14(13)7-12;/h5-7,17H,2-4,8-10H2,1H3,(H,18,21);1H. The Bertz CT molecular complexity index is 672. The summed E-state index contributed by atoms with van der Waals surface area (Å²) in [5, 5.41) is 10.0. The van der Waals surface area contributed by atoms with Crippen LogP contribution in [0.2, 0.25) is 0 Å². The second-order valence-electron chi connectivity index (χ2n) is 5.57. The fourth-order valence-electron chi connectivity index (χ4n) is 2.59. The van der Waals surface area contributed by atoms with Gasteiger partial charge in [-0.3, -0.25) is 4.79 Å². The molecule has 6 nitrogen and oxygen atoms in total. The maximum atomic E-state index is 11.9. The average molecular weight is 337 g/mol. The number of fused-ring (bicyclic) bond motifs is 1. The highest BCUT2D eigenvalue weighted by atomic mass is 35.5. The summed E-state index contributed by atoms with van der Waals surface area (Å²) in [6.45, 7) is 4.22. The molecule has 0 saturated carbocycles. The van der Waals surface area contributed by atoms with Gasteiger partial charge in [-0.15, -0.1) is 12.4 Å². The Kier molecular flexibility index (Phi) is 6.12. The molecule has 1 aromatic heterocycles. The van der Waals surface area contributed by atoms with Crippen LogP contribution in [0.5, 0.6) is 0 Å². The van der Waals surface area contributed by atoms with E-state index in [1.165, 1.54) is 11.1 Å². The summed E-state index contributed by atoms with van der Waals surface area (Å²) in [5.41, 5.74) is 3.83. The number of amides is 1. The van der Waals surface area contributed by atoms with Crippen molar-refractivity contribution in [2.45, 2.75) is 45.8 Å². The van der Waals surface area contributed by atoms with Crippen molar-refractivity contribution in [3.63, 3.8) is 0 Å². The molecular formula is C16H21ClN4O2. The average Bonchev–Trinajstić information content (AvgIpc) is 3.13. The molecular weight excluding hydrogens is 316 g/mol. The maximum absolute atomic E-state index is 11.9. The van der Waals surface area contributed by atoms with Gasteiger partial charge < -0.3 is 15.2 Å². The molecule has 0 atom stereocenters. The predicted molar refractivity (Wildman–Crippen MR) is 88.1 cm³/mol. The quantitative estimate of drug-likeness (QED) is 0.843. The lowest BCUT2D eigenvalue weighted by atomic mass is 10.1. The van der Waals surface area contributed by atoms with Crippen molar-refractivity contribution in [1.29, 1.82) is 0 Å². The van der Waals surface area contributed by atoms with Gasteiger partial charge in [0.05, 0.1) is 0 Å². The first kappa shape index (κ1) is 17.4. The molecule has 1 amide bonds. The topological polar surface area (TPSA) is 80.0 Å². The molecule has 0 unspecified atom stereocenters. The number of benzene rings is 1. The van der Waals surface area contributed by atoms with E-state index in [9.17, 15) is 4.79 Å². The van der Waals surface area contributed by atoms with E-state index in [0.717, 1.165) is 18.7 Å². The van der Waals surface area contributed by atoms with E-state index < -0.39 is 0 Å². The lowest BCUT2D eigenvalue weighted by Gasteiger charge is -2.06. The Morgan fingerprint density at radius 3 is 2.96 bits per heavy atom. The van der Waals surface area contributed by atoms with Crippen molar-refractivity contribution >= 4 is 18.3 Å². The van der Waals surface area contributed by atoms with Gasteiger partial charge in [-0.05, 0) is 30.0 Å². The summed E-state index contributed by atoms with van der Waals surface area (Å²) < 4.78 is 5.02. The van der Waals surface area contributed by atoms with Gasteiger partial charge in [-0.1, -0.05) is 23.4 Å². The van der Waals surface area contributed by atoms with Crippen molar-refractivity contribution in [1.82, 2.24) is 20.8 Å². The van der Waals surface area contributed by atoms with Gasteiger partial charge >= 0.3 is 0 Å². The smallest absolute Gasteiger partial charge is 0.226 e. The lowest BCUT2D eigenvalue weighted by Crippen LogP contribution is -2.22. The summed E-state index contributed by atoms with van der Waals surface area (Å²) in [4.78, 5) is 16.0. The number of aryl methyl sites for hydroxylation is 2. The monoisotopic (exact) mass is 336 g/mol. The highest BCUT2D eigenvalue weighted by Gasteiger charge is 2.10. The molecule has 2 heterocycles. The van der Waals surface area contributed by atoms with Gasteiger partial charge in [0.25, 0.3) is 0 Å². The largest absolute Gasteiger partial charge is 0.352 e. The molecule has 0 fully saturated rings. The number of nitrogens with zero attached hydrogens (tertiary/aromatic N) is 2. The van der Waals surface area contributed by atoms with Crippen LogP contribution >= 0.6 is 12.4 Å². The Hall–Kier alpha value is -1.92. The van der Waals surface area contributed by atoms with Crippen LogP contribution in [-0.2, 0) is 30.8 Å². The van der Waals surface area contributed by atoms with Crippen LogP contribution < -0.4 is 10.6 Å². The Labute approximate surface area is 141 Å². The van der Waals surface area contributed by atoms with Crippen molar-refractivity contribution in [2.75, 3.05) is 0 Å². The highest BCUT2D eigenvalue weighted by molar-refractivity contribution is 5.85. The minimum Gasteiger partial charge on any atom is -0.352 e. The summed E-state index contributed by atoms with van der Waals surface area (Å²) in [7, 11) is 0. The van der Waals surface area contributed by atoms with Crippen LogP contribution in [0.25, 0.3) is 0 Å². The zero-order valence-corrected chi connectivity index (χ0v) is 13.9. The van der Waals surface area contributed by atoms with E-state index >= 15 is 0 Å². The molecule has 0 aliphatic carbocycles. The molecule has 2 N–H and O–H groups in total. The minimum absolute atomic E-state index is 0. The Morgan fingerprint density at radius 2 is 2.17 bits per heavy atom. The van der Waals surface area contributed by atoms with E-state index in [1.807, 2.05) is 0 Å². The summed E-state index contributed by atoms with van der Waals surface area (Å²) in [6, 6.07) is 6.37. The molecule has 1 aliphatic heterocycles. The van der Waals surface area contributed by atoms with Crippen LogP contribution in [0.1, 0.15) is 41.2 Å². The van der Waals surface area contributed by atoms with E-state index in [-0.39, 0.29) is 18.3 Å². The van der Waals surface area contributed by atoms with E-state index in [2.05, 4.69) is 39.0 Å². The first-order chi connectivity index (χ1) is 10.7. The van der Waals surface area contributed by atoms with Gasteiger partial charge in [0.15, 0.2) is 5.82 Å². The first-order valence-corrected chi connectivity index (χ1v) is 7.58. The zero-order valence-electron chi connectivity index (χ0n) is 13.1. The number of hydrogen-bond donors (Lipinski definition) is 2. The second kappa shape index (κ2) is 8.08. The fraction of sp³-hybridized carbons (Fsp3) is 0.438. The van der Waals surface area contributed by atoms with Crippen molar-refractivity contribution in [3.8, 4) is 0 Å². The molecule has 2 aromatic rings. The fourth-order valence-corrected chi connectivity index (χ4v) is 2.59. The SMILES string of the molecule is Cc1noc(CCCC(=O)NCc2ccc3c(c2)CNC3)n1.Cl. The number of halogens is 1. The molecule has 0 saturated heterocycles. The van der Waals surface area contributed by atoms with E-state index in [0.29, 0.717) is 37.5 Å². The molecule has 7 heteroatoms. The molecule has 1 aromatic carbocycles. The van der Waals surface area contributed by atoms with E-state index in [1.54, 1.807) is 6.92 Å². The van der Waals surface area contributed by atoms with Gasteiger partial charge in [0, 0.05) is 32.5 Å². The van der Waals surface area contributed by atoms with Crippen molar-refractivity contribution in [3.05, 3.63) is 46.6 Å². The van der Waals surface area contributed by atoms with Crippen LogP contribution in [0, 0.1) is 6.92 Å². The summed E-state index contributed by atoms with van der Waals surface area (Å²) in [6.07, 6.45) is 1.81. The zero-order chi connectivity index (χ0) is 15.4. The van der Waals surface area contributed by atoms with Crippen LogP contribution in [0.3, 0.4) is 0 Å². The minimum atomic E-state index is 0. The first-order valence-electron chi connectivity index (χ1n) is 7.58. The third kappa shape index (κ3) is 4.77.